The molecule has 0 saturated heterocycles. The second kappa shape index (κ2) is 10.5. The molecule has 2 aromatic heterocycles. The molecule has 3 aromatic rings. The van der Waals surface area contributed by atoms with Gasteiger partial charge in [0.1, 0.15) is 17.0 Å². The first-order valence-electron chi connectivity index (χ1n) is 10.6. The third-order valence-electron chi connectivity index (χ3n) is 5.29. The predicted molar refractivity (Wildman–Crippen MR) is 126 cm³/mol. The van der Waals surface area contributed by atoms with Crippen LogP contribution in [0.3, 0.4) is 0 Å². The number of carbonyl (C=O) groups excluding carboxylic acids is 1. The second-order valence-corrected chi connectivity index (χ2v) is 8.56. The number of hydrogen-bond acceptors (Lipinski definition) is 6. The molecule has 3 rings (SSSR count). The van der Waals surface area contributed by atoms with Gasteiger partial charge in [0.05, 0.1) is 5.39 Å². The molecular weight excluding hydrogens is 394 g/mol. The summed E-state index contributed by atoms with van der Waals surface area (Å²) < 4.78 is 0. The molecule has 0 spiro atoms. The van der Waals surface area contributed by atoms with Crippen LogP contribution in [0.1, 0.15) is 30.7 Å². The van der Waals surface area contributed by atoms with Crippen molar-refractivity contribution in [2.75, 3.05) is 38.0 Å². The Morgan fingerprint density at radius 3 is 2.50 bits per heavy atom. The van der Waals surface area contributed by atoms with E-state index in [-0.39, 0.29) is 5.91 Å². The van der Waals surface area contributed by atoms with E-state index in [4.69, 9.17) is 0 Å². The number of rotatable bonds is 10. The number of nitrogens with zero attached hydrogens (tertiary/aromatic N) is 3. The van der Waals surface area contributed by atoms with Gasteiger partial charge in [-0.2, -0.15) is 0 Å². The number of anilines is 1. The van der Waals surface area contributed by atoms with Gasteiger partial charge >= 0.3 is 0 Å². The summed E-state index contributed by atoms with van der Waals surface area (Å²) in [6, 6.07) is 8.53. The minimum absolute atomic E-state index is 0.0558. The van der Waals surface area contributed by atoms with E-state index in [0.717, 1.165) is 41.2 Å². The van der Waals surface area contributed by atoms with Gasteiger partial charge in [-0.25, -0.2) is 9.97 Å². The van der Waals surface area contributed by atoms with Crippen molar-refractivity contribution < 1.29 is 4.79 Å². The third-order valence-corrected chi connectivity index (χ3v) is 6.31. The maximum atomic E-state index is 12.2. The van der Waals surface area contributed by atoms with Crippen molar-refractivity contribution in [3.63, 3.8) is 0 Å². The molecule has 160 valence electrons. The van der Waals surface area contributed by atoms with Crippen LogP contribution in [0.2, 0.25) is 0 Å². The van der Waals surface area contributed by atoms with Crippen LogP contribution < -0.4 is 10.6 Å². The summed E-state index contributed by atoms with van der Waals surface area (Å²) in [6.45, 7) is 12.6. The number of hydrogen-bond donors (Lipinski definition) is 2. The van der Waals surface area contributed by atoms with Crippen molar-refractivity contribution in [2.24, 2.45) is 0 Å². The lowest BCUT2D eigenvalue weighted by molar-refractivity contribution is -0.120. The van der Waals surface area contributed by atoms with E-state index in [2.05, 4.69) is 77.5 Å². The fourth-order valence-electron chi connectivity index (χ4n) is 3.52. The van der Waals surface area contributed by atoms with Crippen LogP contribution in [0.4, 0.5) is 5.82 Å². The molecule has 0 bridgehead atoms. The molecule has 0 aliphatic heterocycles. The Hall–Kier alpha value is -2.51. The first kappa shape index (κ1) is 22.2. The van der Waals surface area contributed by atoms with Crippen molar-refractivity contribution in [3.05, 3.63) is 41.0 Å². The van der Waals surface area contributed by atoms with E-state index < -0.39 is 0 Å². The molecular formula is C23H31N5OS. The first-order valence-corrected chi connectivity index (χ1v) is 11.4. The fraction of sp³-hybridized carbons (Fsp3) is 0.435. The van der Waals surface area contributed by atoms with E-state index >= 15 is 0 Å². The molecule has 0 aliphatic carbocycles. The third kappa shape index (κ3) is 5.34. The first-order chi connectivity index (χ1) is 14.5. The minimum Gasteiger partial charge on any atom is -0.369 e. The van der Waals surface area contributed by atoms with Gasteiger partial charge in [-0.3, -0.25) is 4.79 Å². The zero-order valence-electron chi connectivity index (χ0n) is 18.3. The molecule has 0 aliphatic rings. The Morgan fingerprint density at radius 1 is 1.07 bits per heavy atom. The lowest BCUT2D eigenvalue weighted by atomic mass is 10.0. The molecule has 0 fully saturated rings. The number of aromatic nitrogens is 2. The second-order valence-electron chi connectivity index (χ2n) is 7.36. The van der Waals surface area contributed by atoms with Gasteiger partial charge in [-0.05, 0) is 32.5 Å². The predicted octanol–water partition coefficient (Wildman–Crippen LogP) is 4.24. The van der Waals surface area contributed by atoms with Crippen LogP contribution in [0.15, 0.2) is 30.6 Å². The molecule has 0 unspecified atom stereocenters. The van der Waals surface area contributed by atoms with E-state index in [1.807, 2.05) is 0 Å². The lowest BCUT2D eigenvalue weighted by Gasteiger charge is -2.18. The van der Waals surface area contributed by atoms with Gasteiger partial charge in [-0.15, -0.1) is 11.3 Å². The summed E-state index contributed by atoms with van der Waals surface area (Å²) in [4.78, 5) is 25.6. The number of aryl methyl sites for hydroxylation is 2. The summed E-state index contributed by atoms with van der Waals surface area (Å²) in [6.07, 6.45) is 2.00. The Labute approximate surface area is 182 Å². The number of fused-ring (bicyclic) bond motifs is 1. The highest BCUT2D eigenvalue weighted by Crippen LogP contribution is 2.40. The molecule has 0 radical (unpaired) electrons. The van der Waals surface area contributed by atoms with Gasteiger partial charge in [0.25, 0.3) is 0 Å². The monoisotopic (exact) mass is 425 g/mol. The Balaban J connectivity index is 1.67. The maximum Gasteiger partial charge on any atom is 0.221 e. The number of carbonyl (C=O) groups is 1. The minimum atomic E-state index is 0.0558. The summed E-state index contributed by atoms with van der Waals surface area (Å²) in [5.74, 6) is 0.844. The summed E-state index contributed by atoms with van der Waals surface area (Å²) in [7, 11) is 0. The zero-order chi connectivity index (χ0) is 21.5. The smallest absolute Gasteiger partial charge is 0.221 e. The summed E-state index contributed by atoms with van der Waals surface area (Å²) in [5, 5.41) is 7.39. The van der Waals surface area contributed by atoms with Crippen molar-refractivity contribution in [1.29, 1.82) is 0 Å². The van der Waals surface area contributed by atoms with Gasteiger partial charge in [0.2, 0.25) is 5.91 Å². The van der Waals surface area contributed by atoms with Crippen LogP contribution in [-0.2, 0) is 4.79 Å². The van der Waals surface area contributed by atoms with Crippen LogP contribution in [0.25, 0.3) is 21.3 Å². The molecule has 0 atom stereocenters. The average molecular weight is 426 g/mol. The zero-order valence-corrected chi connectivity index (χ0v) is 19.1. The van der Waals surface area contributed by atoms with E-state index in [1.54, 1.807) is 17.7 Å². The molecule has 6 nitrogen and oxygen atoms in total. The van der Waals surface area contributed by atoms with Crippen molar-refractivity contribution in [2.45, 2.75) is 34.1 Å². The summed E-state index contributed by atoms with van der Waals surface area (Å²) in [5.41, 5.74) is 3.57. The highest BCUT2D eigenvalue weighted by molar-refractivity contribution is 7.19. The molecule has 1 aromatic carbocycles. The normalized spacial score (nSPS) is 11.2. The van der Waals surface area contributed by atoms with Crippen LogP contribution in [-0.4, -0.2) is 53.5 Å². The van der Waals surface area contributed by atoms with E-state index in [1.165, 1.54) is 16.0 Å². The maximum absolute atomic E-state index is 12.2. The number of benzene rings is 1. The number of nitrogens with one attached hydrogen (secondary N) is 2. The van der Waals surface area contributed by atoms with Gasteiger partial charge in [0.15, 0.2) is 0 Å². The lowest BCUT2D eigenvalue weighted by Crippen LogP contribution is -2.35. The molecule has 1 amide bonds. The number of thiophene rings is 1. The molecule has 2 N–H and O–H groups in total. The van der Waals surface area contributed by atoms with Crippen molar-refractivity contribution in [1.82, 2.24) is 20.2 Å². The van der Waals surface area contributed by atoms with Crippen molar-refractivity contribution in [3.8, 4) is 11.1 Å². The standard InChI is InChI=1S/C23H31N5OS/c1-5-28(6-2)14-13-24-19(29)11-12-25-22-21-20(18-9-7-16(3)8-10-18)17(4)30-23(21)27-15-26-22/h7-10,15H,5-6,11-14H2,1-4H3,(H,24,29)(H,25,26,27). The van der Waals surface area contributed by atoms with Crippen molar-refractivity contribution >= 4 is 33.3 Å². The van der Waals surface area contributed by atoms with Crippen LogP contribution in [0.5, 0.6) is 0 Å². The van der Waals surface area contributed by atoms with Crippen LogP contribution in [0, 0.1) is 13.8 Å². The number of likely N-dealkylation sites (N-methyl/N-ethyl adjacent to an activating group) is 1. The number of amides is 1. The Morgan fingerprint density at radius 2 is 1.80 bits per heavy atom. The highest BCUT2D eigenvalue weighted by atomic mass is 32.1. The van der Waals surface area contributed by atoms with Gasteiger partial charge < -0.3 is 15.5 Å². The Bertz CT molecular complexity index is 979. The van der Waals surface area contributed by atoms with E-state index in [9.17, 15) is 4.79 Å². The Kier molecular flexibility index (Phi) is 7.76. The largest absolute Gasteiger partial charge is 0.369 e. The van der Waals surface area contributed by atoms with Gasteiger partial charge in [-0.1, -0.05) is 43.7 Å². The topological polar surface area (TPSA) is 70.2 Å². The molecule has 0 saturated carbocycles. The van der Waals surface area contributed by atoms with Gasteiger partial charge in [0, 0.05) is 36.5 Å². The van der Waals surface area contributed by atoms with E-state index in [0.29, 0.717) is 19.5 Å². The highest BCUT2D eigenvalue weighted by Gasteiger charge is 2.16. The SMILES string of the molecule is CCN(CC)CCNC(=O)CCNc1ncnc2sc(C)c(-c3ccc(C)cc3)c12. The average Bonchev–Trinajstić information content (AvgIpc) is 3.08. The molecule has 2 heterocycles. The van der Waals surface area contributed by atoms with Crippen LogP contribution >= 0.6 is 11.3 Å². The summed E-state index contributed by atoms with van der Waals surface area (Å²) >= 11 is 1.67. The quantitative estimate of drug-likeness (QED) is 0.509. The fourth-order valence-corrected chi connectivity index (χ4v) is 4.53. The molecule has 30 heavy (non-hydrogen) atoms. The molecule has 7 heteroatoms.